The minimum Gasteiger partial charge on any atom is -0.350 e. The fourth-order valence-electron chi connectivity index (χ4n) is 3.06. The highest BCUT2D eigenvalue weighted by Crippen LogP contribution is 2.37. The van der Waals surface area contributed by atoms with Crippen LogP contribution in [-0.2, 0) is 0 Å². The van der Waals surface area contributed by atoms with Crippen molar-refractivity contribution in [3.8, 4) is 0 Å². The predicted octanol–water partition coefficient (Wildman–Crippen LogP) is 3.00. The highest BCUT2D eigenvalue weighted by molar-refractivity contribution is 5.94. The molecule has 1 fully saturated rings. The van der Waals surface area contributed by atoms with Gasteiger partial charge in [-0.05, 0) is 51.9 Å². The molecule has 25 heavy (non-hydrogen) atoms. The molecule has 1 aliphatic carbocycles. The number of hydrogen-bond donors (Lipinski definition) is 1. The number of benzene rings is 1. The molecule has 5 nitrogen and oxygen atoms in total. The van der Waals surface area contributed by atoms with Gasteiger partial charge in [-0.1, -0.05) is 24.3 Å². The topological polar surface area (TPSA) is 58.1 Å². The van der Waals surface area contributed by atoms with E-state index in [1.165, 1.54) is 11.1 Å². The van der Waals surface area contributed by atoms with Gasteiger partial charge in [-0.25, -0.2) is 9.97 Å². The van der Waals surface area contributed by atoms with Gasteiger partial charge in [-0.2, -0.15) is 0 Å². The van der Waals surface area contributed by atoms with Crippen LogP contribution in [0, 0.1) is 13.8 Å². The molecule has 1 N–H and O–H groups in total. The van der Waals surface area contributed by atoms with Crippen LogP contribution in [0.15, 0.2) is 30.5 Å². The average molecular weight is 338 g/mol. The minimum atomic E-state index is -0.111. The SMILES string of the molecule is Cc1ccccc1C(CNC(=O)c1cnc(C2CC2)nc1C)N(C)C. The van der Waals surface area contributed by atoms with Gasteiger partial charge in [0.25, 0.3) is 5.91 Å². The number of carbonyl (C=O) groups excluding carboxylic acids is 1. The maximum absolute atomic E-state index is 12.6. The van der Waals surface area contributed by atoms with E-state index < -0.39 is 0 Å². The molecule has 5 heteroatoms. The second kappa shape index (κ2) is 7.31. The Kier molecular flexibility index (Phi) is 5.13. The molecule has 1 heterocycles. The van der Waals surface area contributed by atoms with Gasteiger partial charge in [-0.15, -0.1) is 0 Å². The first-order chi connectivity index (χ1) is 12.0. The van der Waals surface area contributed by atoms with Crippen LogP contribution in [0.25, 0.3) is 0 Å². The van der Waals surface area contributed by atoms with Crippen molar-refractivity contribution in [3.05, 3.63) is 58.7 Å². The quantitative estimate of drug-likeness (QED) is 0.880. The summed E-state index contributed by atoms with van der Waals surface area (Å²) in [7, 11) is 4.06. The Hall–Kier alpha value is -2.27. The molecular weight excluding hydrogens is 312 g/mol. The largest absolute Gasteiger partial charge is 0.350 e. The molecule has 1 aromatic heterocycles. The number of aromatic nitrogens is 2. The molecule has 1 saturated carbocycles. The number of nitrogens with one attached hydrogen (secondary N) is 1. The lowest BCUT2D eigenvalue weighted by Crippen LogP contribution is -2.35. The van der Waals surface area contributed by atoms with Gasteiger partial charge in [0.15, 0.2) is 0 Å². The van der Waals surface area contributed by atoms with Crippen LogP contribution in [0.3, 0.4) is 0 Å². The second-order valence-corrected chi connectivity index (χ2v) is 7.05. The first-order valence-corrected chi connectivity index (χ1v) is 8.81. The lowest BCUT2D eigenvalue weighted by atomic mass is 10.0. The first kappa shape index (κ1) is 17.5. The van der Waals surface area contributed by atoms with Crippen LogP contribution >= 0.6 is 0 Å². The molecule has 1 atom stereocenters. The van der Waals surface area contributed by atoms with E-state index in [0.717, 1.165) is 24.4 Å². The fraction of sp³-hybridized carbons (Fsp3) is 0.450. The van der Waals surface area contributed by atoms with Crippen molar-refractivity contribution in [2.24, 2.45) is 0 Å². The molecule has 0 bridgehead atoms. The Morgan fingerprint density at radius 1 is 1.28 bits per heavy atom. The Morgan fingerprint density at radius 2 is 2.00 bits per heavy atom. The van der Waals surface area contributed by atoms with Crippen molar-refractivity contribution in [2.45, 2.75) is 38.6 Å². The zero-order valence-corrected chi connectivity index (χ0v) is 15.4. The van der Waals surface area contributed by atoms with Gasteiger partial charge in [0.2, 0.25) is 0 Å². The van der Waals surface area contributed by atoms with Crippen LogP contribution in [0.2, 0.25) is 0 Å². The number of rotatable bonds is 6. The van der Waals surface area contributed by atoms with E-state index in [1.807, 2.05) is 33.2 Å². The molecule has 1 unspecified atom stereocenters. The van der Waals surface area contributed by atoms with E-state index in [0.29, 0.717) is 18.0 Å². The van der Waals surface area contributed by atoms with E-state index in [2.05, 4.69) is 39.2 Å². The number of carbonyl (C=O) groups is 1. The molecule has 0 saturated heterocycles. The van der Waals surface area contributed by atoms with Crippen LogP contribution in [0.5, 0.6) is 0 Å². The van der Waals surface area contributed by atoms with E-state index in [1.54, 1.807) is 6.20 Å². The van der Waals surface area contributed by atoms with E-state index >= 15 is 0 Å². The molecule has 1 aromatic carbocycles. The number of aryl methyl sites for hydroxylation is 2. The highest BCUT2D eigenvalue weighted by atomic mass is 16.1. The third-order valence-corrected chi connectivity index (χ3v) is 4.81. The van der Waals surface area contributed by atoms with E-state index in [9.17, 15) is 4.79 Å². The van der Waals surface area contributed by atoms with Gasteiger partial charge < -0.3 is 10.2 Å². The number of hydrogen-bond acceptors (Lipinski definition) is 4. The third kappa shape index (κ3) is 4.04. The smallest absolute Gasteiger partial charge is 0.254 e. The van der Waals surface area contributed by atoms with Crippen molar-refractivity contribution < 1.29 is 4.79 Å². The summed E-state index contributed by atoms with van der Waals surface area (Å²) in [6.45, 7) is 4.52. The summed E-state index contributed by atoms with van der Waals surface area (Å²) in [5.74, 6) is 1.26. The second-order valence-electron chi connectivity index (χ2n) is 7.05. The molecule has 0 radical (unpaired) electrons. The summed E-state index contributed by atoms with van der Waals surface area (Å²) >= 11 is 0. The number of amides is 1. The van der Waals surface area contributed by atoms with E-state index in [-0.39, 0.29) is 11.9 Å². The molecule has 1 amide bonds. The van der Waals surface area contributed by atoms with Crippen molar-refractivity contribution in [3.63, 3.8) is 0 Å². The van der Waals surface area contributed by atoms with Gasteiger partial charge in [0.1, 0.15) is 5.82 Å². The normalized spacial score (nSPS) is 15.2. The predicted molar refractivity (Wildman–Crippen MR) is 98.7 cm³/mol. The first-order valence-electron chi connectivity index (χ1n) is 8.81. The molecular formula is C20H26N4O. The van der Waals surface area contributed by atoms with Gasteiger partial charge in [0, 0.05) is 18.7 Å². The third-order valence-electron chi connectivity index (χ3n) is 4.81. The molecule has 0 aliphatic heterocycles. The summed E-state index contributed by atoms with van der Waals surface area (Å²) < 4.78 is 0. The van der Waals surface area contributed by atoms with Gasteiger partial charge >= 0.3 is 0 Å². The molecule has 2 aromatic rings. The molecule has 1 aliphatic rings. The molecule has 0 spiro atoms. The van der Waals surface area contributed by atoms with E-state index in [4.69, 9.17) is 0 Å². The Bertz CT molecular complexity index is 768. The van der Waals surface area contributed by atoms with Crippen LogP contribution < -0.4 is 5.32 Å². The number of nitrogens with zero attached hydrogens (tertiary/aromatic N) is 3. The highest BCUT2D eigenvalue weighted by Gasteiger charge is 2.27. The Labute approximate surface area is 149 Å². The molecule has 3 rings (SSSR count). The lowest BCUT2D eigenvalue weighted by molar-refractivity contribution is 0.0940. The standard InChI is InChI=1S/C20H26N4O/c1-13-7-5-6-8-16(13)18(24(3)4)12-22-20(25)17-11-21-19(15-9-10-15)23-14(17)2/h5-8,11,15,18H,9-10,12H2,1-4H3,(H,22,25). The zero-order valence-electron chi connectivity index (χ0n) is 15.4. The summed E-state index contributed by atoms with van der Waals surface area (Å²) in [5.41, 5.74) is 3.77. The minimum absolute atomic E-state index is 0.111. The summed E-state index contributed by atoms with van der Waals surface area (Å²) in [4.78, 5) is 23.6. The number of likely N-dealkylation sites (N-methyl/N-ethyl adjacent to an activating group) is 1. The zero-order chi connectivity index (χ0) is 18.0. The van der Waals surface area contributed by atoms with Gasteiger partial charge in [0.05, 0.1) is 17.3 Å². The summed E-state index contributed by atoms with van der Waals surface area (Å²) in [6.07, 6.45) is 3.99. The van der Waals surface area contributed by atoms with Crippen molar-refractivity contribution >= 4 is 5.91 Å². The summed E-state index contributed by atoms with van der Waals surface area (Å²) in [5, 5.41) is 3.05. The van der Waals surface area contributed by atoms with Crippen LogP contribution in [0.1, 0.15) is 57.8 Å². The maximum atomic E-state index is 12.6. The summed E-state index contributed by atoms with van der Waals surface area (Å²) in [6, 6.07) is 8.41. The Balaban J connectivity index is 1.70. The molecule has 132 valence electrons. The fourth-order valence-corrected chi connectivity index (χ4v) is 3.06. The van der Waals surface area contributed by atoms with Crippen molar-refractivity contribution in [1.82, 2.24) is 20.2 Å². The lowest BCUT2D eigenvalue weighted by Gasteiger charge is -2.26. The maximum Gasteiger partial charge on any atom is 0.254 e. The van der Waals surface area contributed by atoms with Crippen LogP contribution in [-0.4, -0.2) is 41.4 Å². The Morgan fingerprint density at radius 3 is 2.60 bits per heavy atom. The average Bonchev–Trinajstić information content (AvgIpc) is 3.41. The van der Waals surface area contributed by atoms with Crippen LogP contribution in [0.4, 0.5) is 0 Å². The van der Waals surface area contributed by atoms with Crippen molar-refractivity contribution in [2.75, 3.05) is 20.6 Å². The van der Waals surface area contributed by atoms with Crippen molar-refractivity contribution in [1.29, 1.82) is 0 Å². The monoisotopic (exact) mass is 338 g/mol. The van der Waals surface area contributed by atoms with Gasteiger partial charge in [-0.3, -0.25) is 4.79 Å².